The van der Waals surface area contributed by atoms with Crippen LogP contribution >= 0.6 is 0 Å². The first-order valence-corrected chi connectivity index (χ1v) is 9.18. The second kappa shape index (κ2) is 7.12. The molecular weight excluding hydrogens is 401 g/mol. The third-order valence-corrected chi connectivity index (χ3v) is 5.38. The number of benzene rings is 1. The van der Waals surface area contributed by atoms with Gasteiger partial charge in [0.15, 0.2) is 0 Å². The average Bonchev–Trinajstić information content (AvgIpc) is 2.66. The summed E-state index contributed by atoms with van der Waals surface area (Å²) in [6.45, 7) is 0. The van der Waals surface area contributed by atoms with Gasteiger partial charge in [0.1, 0.15) is 11.2 Å². The van der Waals surface area contributed by atoms with Crippen LogP contribution in [0.2, 0.25) is 0 Å². The molecule has 0 amide bonds. The number of pyridine rings is 1. The fourth-order valence-corrected chi connectivity index (χ4v) is 3.51. The van der Waals surface area contributed by atoms with Gasteiger partial charge in [-0.1, -0.05) is 12.1 Å². The van der Waals surface area contributed by atoms with Crippen LogP contribution in [0.5, 0.6) is 0 Å². The van der Waals surface area contributed by atoms with Crippen molar-refractivity contribution in [2.75, 3.05) is 5.32 Å². The van der Waals surface area contributed by atoms with E-state index in [1.54, 1.807) is 0 Å². The second-order valence-electron chi connectivity index (χ2n) is 7.25. The Morgan fingerprint density at radius 3 is 2.47 bits per heavy atom. The normalized spacial score (nSPS) is 18.8. The van der Waals surface area contributed by atoms with Crippen LogP contribution in [0.4, 0.5) is 19.0 Å². The molecule has 0 aliphatic heterocycles. The van der Waals surface area contributed by atoms with E-state index in [9.17, 15) is 27.9 Å². The van der Waals surface area contributed by atoms with Crippen molar-refractivity contribution in [1.29, 1.82) is 0 Å². The summed E-state index contributed by atoms with van der Waals surface area (Å²) in [6, 6.07) is 4.16. The fourth-order valence-electron chi connectivity index (χ4n) is 3.51. The Hall–Kier alpha value is -3.43. The number of aryl methyl sites for hydroxylation is 1. The maximum atomic E-state index is 12.9. The standard InChI is InChI=1S/C20H17F3N4O3/c1-27-9-25-16-13(10-2-4-11(5-3-10)20(21,22)23)8-24-17(15(16)18(27)28)26-14-7-6-12(14)19(29)30/h2-5,8-9,12,14H,6-7H2,1H3,(H,24,26)(H,29,30)/t12-,14-/m1/s1. The molecule has 1 saturated carbocycles. The third kappa shape index (κ3) is 3.38. The Morgan fingerprint density at radius 2 is 1.90 bits per heavy atom. The lowest BCUT2D eigenvalue weighted by Gasteiger charge is -2.34. The van der Waals surface area contributed by atoms with Crippen molar-refractivity contribution in [3.05, 3.63) is 52.7 Å². The highest BCUT2D eigenvalue weighted by Crippen LogP contribution is 2.35. The minimum absolute atomic E-state index is 0.161. The minimum Gasteiger partial charge on any atom is -0.481 e. The highest BCUT2D eigenvalue weighted by molar-refractivity contribution is 5.98. The van der Waals surface area contributed by atoms with Crippen LogP contribution in [0.25, 0.3) is 22.0 Å². The average molecular weight is 418 g/mol. The van der Waals surface area contributed by atoms with Crippen molar-refractivity contribution in [2.24, 2.45) is 13.0 Å². The van der Waals surface area contributed by atoms with E-state index >= 15 is 0 Å². The predicted octanol–water partition coefficient (Wildman–Crippen LogP) is 3.29. The number of alkyl halides is 3. The largest absolute Gasteiger partial charge is 0.481 e. The maximum Gasteiger partial charge on any atom is 0.416 e. The van der Waals surface area contributed by atoms with E-state index in [1.165, 1.54) is 36.3 Å². The van der Waals surface area contributed by atoms with Gasteiger partial charge in [0.25, 0.3) is 5.56 Å². The van der Waals surface area contributed by atoms with Crippen LogP contribution in [0.15, 0.2) is 41.6 Å². The molecule has 1 aliphatic carbocycles. The van der Waals surface area contributed by atoms with Crippen LogP contribution in [0.1, 0.15) is 18.4 Å². The number of carbonyl (C=O) groups is 1. The number of hydrogen-bond donors (Lipinski definition) is 2. The zero-order valence-corrected chi connectivity index (χ0v) is 15.8. The van der Waals surface area contributed by atoms with Crippen molar-refractivity contribution >= 4 is 22.7 Å². The van der Waals surface area contributed by atoms with Gasteiger partial charge < -0.3 is 15.0 Å². The van der Waals surface area contributed by atoms with Gasteiger partial charge in [-0.2, -0.15) is 13.2 Å². The second-order valence-corrected chi connectivity index (χ2v) is 7.25. The number of hydrogen-bond acceptors (Lipinski definition) is 5. The van der Waals surface area contributed by atoms with Crippen LogP contribution in [-0.2, 0) is 18.0 Å². The molecule has 30 heavy (non-hydrogen) atoms. The Balaban J connectivity index is 1.81. The smallest absolute Gasteiger partial charge is 0.416 e. The molecule has 156 valence electrons. The molecule has 1 fully saturated rings. The number of carboxylic acid groups (broad SMARTS) is 1. The van der Waals surface area contributed by atoms with Crippen molar-refractivity contribution < 1.29 is 23.1 Å². The van der Waals surface area contributed by atoms with E-state index in [0.717, 1.165) is 12.1 Å². The molecule has 0 spiro atoms. The molecule has 7 nitrogen and oxygen atoms in total. The molecular formula is C20H17F3N4O3. The van der Waals surface area contributed by atoms with Gasteiger partial charge in [-0.05, 0) is 30.5 Å². The minimum atomic E-state index is -4.45. The predicted molar refractivity (Wildman–Crippen MR) is 103 cm³/mol. The molecule has 10 heteroatoms. The molecule has 1 aromatic carbocycles. The quantitative estimate of drug-likeness (QED) is 0.675. The van der Waals surface area contributed by atoms with Gasteiger partial charge in [-0.25, -0.2) is 9.97 Å². The third-order valence-electron chi connectivity index (χ3n) is 5.38. The Morgan fingerprint density at radius 1 is 1.20 bits per heavy atom. The van der Waals surface area contributed by atoms with Gasteiger partial charge in [0, 0.05) is 24.8 Å². The van der Waals surface area contributed by atoms with E-state index in [4.69, 9.17) is 0 Å². The molecule has 2 N–H and O–H groups in total. The lowest BCUT2D eigenvalue weighted by Crippen LogP contribution is -2.43. The zero-order chi connectivity index (χ0) is 21.6. The number of halogens is 3. The number of nitrogens with one attached hydrogen (secondary N) is 1. The topological polar surface area (TPSA) is 97.1 Å². The summed E-state index contributed by atoms with van der Waals surface area (Å²) < 4.78 is 39.8. The SMILES string of the molecule is Cn1cnc2c(-c3ccc(C(F)(F)F)cc3)cnc(N[C@@H]3CC[C@H]3C(=O)O)c2c1=O. The molecule has 0 radical (unpaired) electrons. The number of aromatic nitrogens is 3. The van der Waals surface area contributed by atoms with Crippen molar-refractivity contribution in [1.82, 2.24) is 14.5 Å². The number of anilines is 1. The van der Waals surface area contributed by atoms with Crippen molar-refractivity contribution in [3.63, 3.8) is 0 Å². The number of rotatable bonds is 4. The number of fused-ring (bicyclic) bond motifs is 1. The highest BCUT2D eigenvalue weighted by Gasteiger charge is 2.37. The molecule has 3 aromatic rings. The van der Waals surface area contributed by atoms with E-state index in [-0.39, 0.29) is 22.8 Å². The molecule has 2 heterocycles. The summed E-state index contributed by atoms with van der Waals surface area (Å²) in [5.41, 5.74) is -0.0582. The molecule has 4 rings (SSSR count). The number of aliphatic carboxylic acids is 1. The van der Waals surface area contributed by atoms with Crippen LogP contribution in [0.3, 0.4) is 0 Å². The van der Waals surface area contributed by atoms with Crippen LogP contribution in [0, 0.1) is 5.92 Å². The van der Waals surface area contributed by atoms with E-state index in [1.807, 2.05) is 0 Å². The molecule has 0 bridgehead atoms. The zero-order valence-electron chi connectivity index (χ0n) is 15.8. The lowest BCUT2D eigenvalue weighted by atomic mass is 9.79. The highest BCUT2D eigenvalue weighted by atomic mass is 19.4. The summed E-state index contributed by atoms with van der Waals surface area (Å²) >= 11 is 0. The first-order chi connectivity index (χ1) is 14.2. The van der Waals surface area contributed by atoms with Gasteiger partial charge in [0.2, 0.25) is 0 Å². The van der Waals surface area contributed by atoms with Crippen molar-refractivity contribution in [2.45, 2.75) is 25.1 Å². The van der Waals surface area contributed by atoms with Crippen LogP contribution < -0.4 is 10.9 Å². The van der Waals surface area contributed by atoms with Gasteiger partial charge in [0.05, 0.1) is 23.3 Å². The number of carboxylic acids is 1. The summed E-state index contributed by atoms with van der Waals surface area (Å²) in [5.74, 6) is -1.28. The molecule has 2 aromatic heterocycles. The summed E-state index contributed by atoms with van der Waals surface area (Å²) in [4.78, 5) is 32.7. The molecule has 0 saturated heterocycles. The monoisotopic (exact) mass is 418 g/mol. The van der Waals surface area contributed by atoms with E-state index in [2.05, 4.69) is 15.3 Å². The number of nitrogens with zero attached hydrogens (tertiary/aromatic N) is 3. The summed E-state index contributed by atoms with van der Waals surface area (Å²) in [7, 11) is 1.52. The summed E-state index contributed by atoms with van der Waals surface area (Å²) in [5, 5.41) is 12.4. The Kier molecular flexibility index (Phi) is 4.71. The van der Waals surface area contributed by atoms with Gasteiger partial charge in [-0.3, -0.25) is 9.59 Å². The molecule has 1 aliphatic rings. The summed E-state index contributed by atoms with van der Waals surface area (Å²) in [6.07, 6.45) is -0.546. The Bertz CT molecular complexity index is 1190. The van der Waals surface area contributed by atoms with E-state index < -0.39 is 29.2 Å². The first-order valence-electron chi connectivity index (χ1n) is 9.18. The lowest BCUT2D eigenvalue weighted by molar-refractivity contribution is -0.145. The Labute approximate surface area is 168 Å². The van der Waals surface area contributed by atoms with Crippen LogP contribution in [-0.4, -0.2) is 31.7 Å². The first kappa shape index (κ1) is 19.9. The maximum absolute atomic E-state index is 12.9. The van der Waals surface area contributed by atoms with Gasteiger partial charge in [-0.15, -0.1) is 0 Å². The van der Waals surface area contributed by atoms with Gasteiger partial charge >= 0.3 is 12.1 Å². The van der Waals surface area contributed by atoms with Crippen molar-refractivity contribution in [3.8, 4) is 11.1 Å². The molecule has 0 unspecified atom stereocenters. The molecule has 2 atom stereocenters. The fraction of sp³-hybridized carbons (Fsp3) is 0.300. The van der Waals surface area contributed by atoms with E-state index in [0.29, 0.717) is 24.0 Å².